The number of hydrogen-bond donors (Lipinski definition) is 4. The molecule has 1 unspecified atom stereocenters. The molecule has 136 valence electrons. The van der Waals surface area contributed by atoms with E-state index in [9.17, 15) is 30.0 Å². The molecule has 2 aromatic rings. The molecular weight excluding hydrogens is 348 g/mol. The van der Waals surface area contributed by atoms with Crippen molar-refractivity contribution in [3.05, 3.63) is 39.4 Å². The van der Waals surface area contributed by atoms with Crippen molar-refractivity contribution < 1.29 is 39.1 Å². The third-order valence-corrected chi connectivity index (χ3v) is 3.86. The maximum absolute atomic E-state index is 12.4. The Labute approximate surface area is 146 Å². The lowest BCUT2D eigenvalue weighted by Crippen LogP contribution is -2.22. The molecule has 3 rings (SSSR count). The summed E-state index contributed by atoms with van der Waals surface area (Å²) >= 11 is 0. The molecule has 0 bridgehead atoms. The number of methoxy groups -OCH3 is 1. The van der Waals surface area contributed by atoms with Crippen LogP contribution in [0.25, 0.3) is 17.2 Å². The number of aliphatic hydroxyl groups is 1. The van der Waals surface area contributed by atoms with Crippen LogP contribution in [0, 0.1) is 0 Å². The number of carbonyl (C=O) groups is 1. The highest BCUT2D eigenvalue weighted by Gasteiger charge is 2.39. The van der Waals surface area contributed by atoms with Gasteiger partial charge < -0.3 is 34.3 Å². The van der Waals surface area contributed by atoms with Crippen molar-refractivity contribution in [3.63, 3.8) is 0 Å². The predicted molar refractivity (Wildman–Crippen MR) is 87.6 cm³/mol. The quantitative estimate of drug-likeness (QED) is 0.600. The minimum absolute atomic E-state index is 0.127. The van der Waals surface area contributed by atoms with Gasteiger partial charge in [0, 0.05) is 11.6 Å². The van der Waals surface area contributed by atoms with E-state index in [4.69, 9.17) is 13.9 Å². The van der Waals surface area contributed by atoms with Gasteiger partial charge in [-0.25, -0.2) is 9.59 Å². The summed E-state index contributed by atoms with van der Waals surface area (Å²) in [5, 5.41) is 40.2. The Morgan fingerprint density at radius 2 is 1.96 bits per heavy atom. The first-order valence-electron chi connectivity index (χ1n) is 7.36. The Balaban J connectivity index is 2.48. The van der Waals surface area contributed by atoms with Gasteiger partial charge in [0.2, 0.25) is 12.0 Å². The number of hydrogen-bond acceptors (Lipinski definition) is 8. The number of aromatic hydroxyl groups is 2. The monoisotopic (exact) mass is 362 g/mol. The Kier molecular flexibility index (Phi) is 4.09. The molecule has 0 amide bonds. The zero-order chi connectivity index (χ0) is 19.2. The van der Waals surface area contributed by atoms with Crippen LogP contribution in [0.15, 0.2) is 21.4 Å². The van der Waals surface area contributed by atoms with Crippen molar-refractivity contribution in [1.29, 1.82) is 0 Å². The van der Waals surface area contributed by atoms with Gasteiger partial charge in [0.1, 0.15) is 22.6 Å². The number of phenols is 2. The first-order valence-corrected chi connectivity index (χ1v) is 7.36. The topological polar surface area (TPSA) is 147 Å². The van der Waals surface area contributed by atoms with E-state index in [-0.39, 0.29) is 17.1 Å². The van der Waals surface area contributed by atoms with Crippen molar-refractivity contribution in [2.75, 3.05) is 7.11 Å². The minimum Gasteiger partial charge on any atom is -0.504 e. The Bertz CT molecular complexity index is 1000. The summed E-state index contributed by atoms with van der Waals surface area (Å²) in [5.41, 5.74) is -2.73. The van der Waals surface area contributed by atoms with Gasteiger partial charge >= 0.3 is 11.6 Å². The molecule has 26 heavy (non-hydrogen) atoms. The molecule has 1 aliphatic rings. The van der Waals surface area contributed by atoms with E-state index in [0.29, 0.717) is 0 Å². The summed E-state index contributed by atoms with van der Waals surface area (Å²) < 4.78 is 15.2. The smallest absolute Gasteiger partial charge is 0.348 e. The average Bonchev–Trinajstić information content (AvgIpc) is 2.57. The van der Waals surface area contributed by atoms with Crippen molar-refractivity contribution in [3.8, 4) is 34.1 Å². The lowest BCUT2D eigenvalue weighted by molar-refractivity contribution is -0.0232. The number of fused-ring (bicyclic) bond motifs is 3. The number of aromatic carboxylic acids is 1. The second-order valence-corrected chi connectivity index (χ2v) is 5.34. The van der Waals surface area contributed by atoms with Crippen LogP contribution in [-0.2, 0) is 0 Å². The molecule has 4 N–H and O–H groups in total. The van der Waals surface area contributed by atoms with E-state index >= 15 is 0 Å². The maximum atomic E-state index is 12.4. The van der Waals surface area contributed by atoms with Crippen LogP contribution in [0.3, 0.4) is 0 Å². The molecule has 0 saturated heterocycles. The van der Waals surface area contributed by atoms with E-state index in [2.05, 4.69) is 0 Å². The fourth-order valence-electron chi connectivity index (χ4n) is 2.86. The fourth-order valence-corrected chi connectivity index (χ4v) is 2.86. The van der Waals surface area contributed by atoms with Crippen molar-refractivity contribution in [2.24, 2.45) is 0 Å². The van der Waals surface area contributed by atoms with Crippen LogP contribution in [0.2, 0.25) is 0 Å². The fraction of sp³-hybridized carbons (Fsp3) is 0.176. The molecule has 1 aromatic heterocycles. The van der Waals surface area contributed by atoms with E-state index in [0.717, 1.165) is 7.11 Å². The van der Waals surface area contributed by atoms with Crippen LogP contribution in [0.1, 0.15) is 34.9 Å². The van der Waals surface area contributed by atoms with Crippen molar-refractivity contribution in [2.45, 2.75) is 13.2 Å². The Hall–Kier alpha value is -3.46. The van der Waals surface area contributed by atoms with Gasteiger partial charge in [-0.1, -0.05) is 6.08 Å². The van der Waals surface area contributed by atoms with Gasteiger partial charge in [-0.2, -0.15) is 0 Å². The molecule has 1 aromatic carbocycles. The second-order valence-electron chi connectivity index (χ2n) is 5.34. The first kappa shape index (κ1) is 17.4. The van der Waals surface area contributed by atoms with Crippen LogP contribution < -0.4 is 15.1 Å². The number of carboxylic acids is 1. The summed E-state index contributed by atoms with van der Waals surface area (Å²) in [7, 11) is 1.08. The SMILES string of the molecule is C/C=C/c1cc2c(c(=O)o1)-c1c(O)c(O)c(OC)c(C(=O)O)c1C(O)O2. The highest BCUT2D eigenvalue weighted by Crippen LogP contribution is 2.53. The van der Waals surface area contributed by atoms with Crippen molar-refractivity contribution in [1.82, 2.24) is 0 Å². The van der Waals surface area contributed by atoms with E-state index in [1.165, 1.54) is 12.1 Å². The van der Waals surface area contributed by atoms with E-state index < -0.39 is 51.8 Å². The van der Waals surface area contributed by atoms with E-state index in [1.54, 1.807) is 13.0 Å². The highest BCUT2D eigenvalue weighted by molar-refractivity contribution is 6.00. The lowest BCUT2D eigenvalue weighted by Gasteiger charge is -2.27. The van der Waals surface area contributed by atoms with Crippen molar-refractivity contribution >= 4 is 12.0 Å². The molecule has 0 radical (unpaired) electrons. The third-order valence-electron chi connectivity index (χ3n) is 3.86. The Morgan fingerprint density at radius 1 is 1.27 bits per heavy atom. The molecule has 0 aliphatic carbocycles. The molecule has 9 nitrogen and oxygen atoms in total. The van der Waals surface area contributed by atoms with Crippen LogP contribution >= 0.6 is 0 Å². The molecule has 0 saturated carbocycles. The third kappa shape index (κ3) is 2.37. The number of allylic oxidation sites excluding steroid dienone is 1. The first-order chi connectivity index (χ1) is 12.3. The predicted octanol–water partition coefficient (Wildman–Crippen LogP) is 1.84. The van der Waals surface area contributed by atoms with Gasteiger partial charge in [-0.15, -0.1) is 0 Å². The normalized spacial score (nSPS) is 15.3. The largest absolute Gasteiger partial charge is 0.504 e. The second kappa shape index (κ2) is 6.12. The zero-order valence-corrected chi connectivity index (χ0v) is 13.6. The van der Waals surface area contributed by atoms with Gasteiger partial charge in [0.05, 0.1) is 12.7 Å². The summed E-state index contributed by atoms with van der Waals surface area (Å²) in [5.74, 6) is -3.87. The number of benzene rings is 1. The number of aliphatic hydroxyl groups excluding tert-OH is 1. The molecule has 0 spiro atoms. The zero-order valence-electron chi connectivity index (χ0n) is 13.6. The van der Waals surface area contributed by atoms with E-state index in [1.807, 2.05) is 0 Å². The van der Waals surface area contributed by atoms with Gasteiger partial charge in [0.25, 0.3) is 0 Å². The Morgan fingerprint density at radius 3 is 2.54 bits per heavy atom. The number of rotatable bonds is 3. The molecular formula is C17H14O9. The van der Waals surface area contributed by atoms with Crippen LogP contribution in [0.4, 0.5) is 0 Å². The number of carboxylic acid groups (broad SMARTS) is 1. The average molecular weight is 362 g/mol. The van der Waals surface area contributed by atoms with Gasteiger partial charge in [-0.05, 0) is 13.0 Å². The van der Waals surface area contributed by atoms with Gasteiger partial charge in [-0.3, -0.25) is 0 Å². The van der Waals surface area contributed by atoms with Gasteiger partial charge in [0.15, 0.2) is 11.5 Å². The van der Waals surface area contributed by atoms with Crippen LogP contribution in [-0.4, -0.2) is 33.5 Å². The highest BCUT2D eigenvalue weighted by atomic mass is 16.6. The minimum atomic E-state index is -1.83. The maximum Gasteiger partial charge on any atom is 0.348 e. The number of phenolic OH excluding ortho intramolecular Hbond substituents is 2. The number of ether oxygens (including phenoxy) is 2. The molecule has 1 atom stereocenters. The standard InChI is InChI=1S/C17H14O9/c1-3-4-6-5-7-8(16(22)25-6)9-10(17(23)26-7)11(15(20)21)14(24-2)13(19)12(9)18/h3-5,17-19,23H,1-2H3,(H,20,21)/b4-3+. The molecule has 0 fully saturated rings. The molecule has 1 aliphatic heterocycles. The van der Waals surface area contributed by atoms with Crippen LogP contribution in [0.5, 0.6) is 23.0 Å². The summed E-state index contributed by atoms with van der Waals surface area (Å²) in [6.07, 6.45) is 1.25. The summed E-state index contributed by atoms with van der Waals surface area (Å²) in [6.45, 7) is 1.69. The molecule has 2 heterocycles. The summed E-state index contributed by atoms with van der Waals surface area (Å²) in [6, 6.07) is 1.30. The summed E-state index contributed by atoms with van der Waals surface area (Å²) in [4.78, 5) is 24.0. The lowest BCUT2D eigenvalue weighted by atomic mass is 9.90. The molecule has 9 heteroatoms.